The summed E-state index contributed by atoms with van der Waals surface area (Å²) in [7, 11) is 1.48. The summed E-state index contributed by atoms with van der Waals surface area (Å²) in [5, 5.41) is 13.8. The van der Waals surface area contributed by atoms with Crippen molar-refractivity contribution in [2.45, 2.75) is 86.0 Å². The zero-order chi connectivity index (χ0) is 34.2. The zero-order valence-electron chi connectivity index (χ0n) is 28.3. The number of carbonyl (C=O) groups excluding carboxylic acids is 4. The summed E-state index contributed by atoms with van der Waals surface area (Å²) in [6, 6.07) is 7.77. The predicted octanol–water partition coefficient (Wildman–Crippen LogP) is 3.76. The van der Waals surface area contributed by atoms with Crippen molar-refractivity contribution < 1.29 is 23.9 Å². The third-order valence-corrected chi connectivity index (χ3v) is 7.76. The van der Waals surface area contributed by atoms with Gasteiger partial charge >= 0.3 is 5.97 Å². The molecule has 0 unspecified atom stereocenters. The minimum atomic E-state index is -1.04. The molecule has 2 N–H and O–H groups in total. The van der Waals surface area contributed by atoms with Crippen molar-refractivity contribution in [3.8, 4) is 0 Å². The second-order valence-electron chi connectivity index (χ2n) is 13.2. The van der Waals surface area contributed by atoms with E-state index < -0.39 is 54.3 Å². The van der Waals surface area contributed by atoms with Crippen molar-refractivity contribution in [3.05, 3.63) is 83.2 Å². The molecular formula is C35H48N6O5. The van der Waals surface area contributed by atoms with E-state index in [1.165, 1.54) is 11.9 Å². The molecule has 0 bridgehead atoms. The van der Waals surface area contributed by atoms with Gasteiger partial charge in [-0.1, -0.05) is 93.1 Å². The maximum absolute atomic E-state index is 13.5. The van der Waals surface area contributed by atoms with E-state index in [-0.39, 0.29) is 18.3 Å². The number of hydrogen-bond acceptors (Lipinski definition) is 7. The summed E-state index contributed by atoms with van der Waals surface area (Å²) in [6.45, 7) is 17.7. The number of likely N-dealkylation sites (N-methyl/N-ethyl adjacent to an activating group) is 1. The Morgan fingerprint density at radius 3 is 2.43 bits per heavy atom. The lowest BCUT2D eigenvalue weighted by Gasteiger charge is -2.29. The van der Waals surface area contributed by atoms with Gasteiger partial charge in [0.15, 0.2) is 0 Å². The zero-order valence-corrected chi connectivity index (χ0v) is 28.3. The van der Waals surface area contributed by atoms with Crippen LogP contribution in [0.5, 0.6) is 0 Å². The number of rotatable bonds is 6. The molecule has 2 heterocycles. The van der Waals surface area contributed by atoms with Crippen molar-refractivity contribution in [2.75, 3.05) is 13.6 Å². The number of nitrogens with one attached hydrogen (secondary N) is 2. The molecule has 46 heavy (non-hydrogen) atoms. The molecule has 11 heteroatoms. The van der Waals surface area contributed by atoms with Crippen LogP contribution in [0.4, 0.5) is 0 Å². The Hall–Kier alpha value is -4.54. The van der Waals surface area contributed by atoms with E-state index in [1.807, 2.05) is 57.2 Å². The summed E-state index contributed by atoms with van der Waals surface area (Å²) >= 11 is 0. The molecule has 1 aromatic carbocycles. The molecule has 1 aromatic heterocycles. The highest BCUT2D eigenvalue weighted by atomic mass is 16.5. The van der Waals surface area contributed by atoms with Crippen LogP contribution in [0.1, 0.15) is 66.1 Å². The van der Waals surface area contributed by atoms with Gasteiger partial charge in [-0.2, -0.15) is 0 Å². The minimum Gasteiger partial charge on any atom is -0.456 e. The van der Waals surface area contributed by atoms with Crippen LogP contribution in [-0.4, -0.2) is 75.4 Å². The Balaban J connectivity index is 1.89. The number of ether oxygens (including phenoxy) is 1. The van der Waals surface area contributed by atoms with E-state index in [0.29, 0.717) is 17.8 Å². The first-order chi connectivity index (χ1) is 21.5. The van der Waals surface area contributed by atoms with Crippen LogP contribution in [0.2, 0.25) is 0 Å². The Bertz CT molecular complexity index is 1490. The lowest BCUT2D eigenvalue weighted by Crippen LogP contribution is -2.54. The van der Waals surface area contributed by atoms with Crippen molar-refractivity contribution >= 4 is 23.7 Å². The molecule has 0 radical (unpaired) electrons. The summed E-state index contributed by atoms with van der Waals surface area (Å²) in [4.78, 5) is 54.4. The second kappa shape index (κ2) is 15.6. The minimum absolute atomic E-state index is 0.0380. The summed E-state index contributed by atoms with van der Waals surface area (Å²) in [6.07, 6.45) is 5.04. The standard InChI is InChI=1S/C35H48N6O5/c1-22(18-35(6,7)8)15-24(3)32-25(4)23(2)16-30(42)37-26(5)34(45)40(9)29(33(44)36-19-31(43)46-32)17-28-21-41(39-38-28)20-27-13-11-10-12-14-27/h10-15,18,21,25-26,29,32H,2,16-17,19-20H2,1,3-9H3,(H,36,44)(H,37,42)/b22-18+,24-15+/t25-,26+,29+,32+/m1/s1. The van der Waals surface area contributed by atoms with E-state index >= 15 is 0 Å². The van der Waals surface area contributed by atoms with Crippen LogP contribution >= 0.6 is 0 Å². The number of hydrogen-bond donors (Lipinski definition) is 2. The first kappa shape index (κ1) is 35.9. The third kappa shape index (κ3) is 10.5. The van der Waals surface area contributed by atoms with Gasteiger partial charge in [-0.15, -0.1) is 5.10 Å². The van der Waals surface area contributed by atoms with Gasteiger partial charge in [-0.05, 0) is 37.3 Å². The largest absolute Gasteiger partial charge is 0.456 e. The second-order valence-corrected chi connectivity index (χ2v) is 13.2. The average Bonchev–Trinajstić information content (AvgIpc) is 3.41. The molecule has 1 aliphatic rings. The molecule has 4 atom stereocenters. The van der Waals surface area contributed by atoms with Crippen molar-refractivity contribution in [1.29, 1.82) is 0 Å². The number of carbonyl (C=O) groups is 4. The van der Waals surface area contributed by atoms with Gasteiger partial charge in [0.25, 0.3) is 0 Å². The van der Waals surface area contributed by atoms with Gasteiger partial charge in [0.05, 0.1) is 12.2 Å². The van der Waals surface area contributed by atoms with Crippen LogP contribution < -0.4 is 10.6 Å². The fraction of sp³-hybridized carbons (Fsp3) is 0.486. The molecule has 1 aliphatic heterocycles. The molecule has 11 nitrogen and oxygen atoms in total. The van der Waals surface area contributed by atoms with E-state index in [0.717, 1.165) is 16.7 Å². The number of allylic oxidation sites excluding steroid dienone is 3. The van der Waals surface area contributed by atoms with Crippen molar-refractivity contribution in [2.24, 2.45) is 11.3 Å². The summed E-state index contributed by atoms with van der Waals surface area (Å²) < 4.78 is 7.57. The Labute approximate surface area is 272 Å². The number of cyclic esters (lactones) is 1. The fourth-order valence-electron chi connectivity index (χ4n) is 5.49. The van der Waals surface area contributed by atoms with Gasteiger partial charge in [-0.25, -0.2) is 4.68 Å². The first-order valence-corrected chi connectivity index (χ1v) is 15.6. The molecule has 0 saturated carbocycles. The summed E-state index contributed by atoms with van der Waals surface area (Å²) in [5.74, 6) is -2.52. The van der Waals surface area contributed by atoms with Gasteiger partial charge < -0.3 is 20.3 Å². The van der Waals surface area contributed by atoms with Crippen LogP contribution in [0.15, 0.2) is 72.0 Å². The van der Waals surface area contributed by atoms with Gasteiger partial charge in [-0.3, -0.25) is 19.2 Å². The third-order valence-electron chi connectivity index (χ3n) is 7.76. The van der Waals surface area contributed by atoms with Gasteiger partial charge in [0.1, 0.15) is 24.7 Å². The summed E-state index contributed by atoms with van der Waals surface area (Å²) in [5.41, 5.74) is 3.78. The molecule has 0 spiro atoms. The van der Waals surface area contributed by atoms with E-state index in [2.05, 4.69) is 54.4 Å². The highest BCUT2D eigenvalue weighted by molar-refractivity contribution is 5.93. The smallest absolute Gasteiger partial charge is 0.326 e. The molecule has 248 valence electrons. The molecule has 1 saturated heterocycles. The van der Waals surface area contributed by atoms with Crippen LogP contribution in [-0.2, 0) is 36.9 Å². The van der Waals surface area contributed by atoms with Crippen molar-refractivity contribution in [3.63, 3.8) is 0 Å². The lowest BCUT2D eigenvalue weighted by molar-refractivity contribution is -0.149. The fourth-order valence-corrected chi connectivity index (χ4v) is 5.49. The van der Waals surface area contributed by atoms with Gasteiger partial charge in [0.2, 0.25) is 17.7 Å². The van der Waals surface area contributed by atoms with E-state index in [1.54, 1.807) is 17.8 Å². The molecule has 1 fully saturated rings. The number of nitrogens with zero attached hydrogens (tertiary/aromatic N) is 4. The number of amides is 3. The monoisotopic (exact) mass is 632 g/mol. The van der Waals surface area contributed by atoms with Crippen LogP contribution in [0.25, 0.3) is 0 Å². The average molecular weight is 633 g/mol. The maximum atomic E-state index is 13.5. The first-order valence-electron chi connectivity index (χ1n) is 15.6. The molecule has 3 rings (SSSR count). The highest BCUT2D eigenvalue weighted by Gasteiger charge is 2.33. The van der Waals surface area contributed by atoms with Crippen LogP contribution in [0, 0.1) is 11.3 Å². The SMILES string of the molecule is C=C1CC(=O)N[C@@H](C)C(=O)N(C)[C@@H](Cc2cn(Cc3ccccc3)nn2)C(=O)NCC(=O)O[C@@H](/C(C)=C/C(C)=C/C(C)(C)C)[C@@H]1C. The van der Waals surface area contributed by atoms with Crippen LogP contribution in [0.3, 0.4) is 0 Å². The molecule has 3 amide bonds. The molecule has 0 aliphatic carbocycles. The Morgan fingerprint density at radius 2 is 1.78 bits per heavy atom. The number of esters is 1. The Kier molecular flexibility index (Phi) is 12.2. The number of benzene rings is 1. The van der Waals surface area contributed by atoms with E-state index in [4.69, 9.17) is 4.74 Å². The topological polar surface area (TPSA) is 136 Å². The van der Waals surface area contributed by atoms with E-state index in [9.17, 15) is 19.2 Å². The Morgan fingerprint density at radius 1 is 1.11 bits per heavy atom. The maximum Gasteiger partial charge on any atom is 0.326 e. The quantitative estimate of drug-likeness (QED) is 0.281. The van der Waals surface area contributed by atoms with Gasteiger partial charge in [0, 0.05) is 32.0 Å². The molecular weight excluding hydrogens is 584 g/mol. The molecule has 2 aromatic rings. The normalized spacial score (nSPS) is 23.3. The highest BCUT2D eigenvalue weighted by Crippen LogP contribution is 2.27. The lowest BCUT2D eigenvalue weighted by atomic mass is 9.88. The van der Waals surface area contributed by atoms with Crippen molar-refractivity contribution in [1.82, 2.24) is 30.5 Å². The predicted molar refractivity (Wildman–Crippen MR) is 176 cm³/mol. The number of aromatic nitrogens is 3.